The SMILES string of the molecule is COc1cc(I)ccc1C(=O)NCCN(C)C. The number of nitrogens with zero attached hydrogens (tertiary/aromatic N) is 1. The van der Waals surface area contributed by atoms with Crippen molar-refractivity contribution in [2.24, 2.45) is 0 Å². The first-order valence-corrected chi connectivity index (χ1v) is 6.39. The van der Waals surface area contributed by atoms with Gasteiger partial charge in [-0.15, -0.1) is 0 Å². The lowest BCUT2D eigenvalue weighted by Gasteiger charge is -2.12. The molecule has 0 saturated heterocycles. The van der Waals surface area contributed by atoms with Gasteiger partial charge in [0.2, 0.25) is 0 Å². The molecule has 1 aromatic rings. The van der Waals surface area contributed by atoms with Gasteiger partial charge in [-0.3, -0.25) is 4.79 Å². The minimum atomic E-state index is -0.0971. The van der Waals surface area contributed by atoms with E-state index in [1.807, 2.05) is 31.1 Å². The van der Waals surface area contributed by atoms with E-state index in [4.69, 9.17) is 4.74 Å². The number of hydrogen-bond donors (Lipinski definition) is 1. The first-order chi connectivity index (χ1) is 8.04. The highest BCUT2D eigenvalue weighted by Crippen LogP contribution is 2.20. The maximum absolute atomic E-state index is 11.9. The molecular weight excluding hydrogens is 331 g/mol. The second kappa shape index (κ2) is 6.80. The molecule has 4 nitrogen and oxygen atoms in total. The van der Waals surface area contributed by atoms with Crippen LogP contribution in [0.2, 0.25) is 0 Å². The third-order valence-corrected chi connectivity index (χ3v) is 2.92. The Morgan fingerprint density at radius 3 is 2.76 bits per heavy atom. The van der Waals surface area contributed by atoms with E-state index in [1.54, 1.807) is 13.2 Å². The zero-order chi connectivity index (χ0) is 12.8. The highest BCUT2D eigenvalue weighted by atomic mass is 127. The lowest BCUT2D eigenvalue weighted by atomic mass is 10.2. The Kier molecular flexibility index (Phi) is 5.70. The fraction of sp³-hybridized carbons (Fsp3) is 0.417. The van der Waals surface area contributed by atoms with Crippen molar-refractivity contribution in [2.45, 2.75) is 0 Å². The summed E-state index contributed by atoms with van der Waals surface area (Å²) in [5.74, 6) is 0.513. The maximum atomic E-state index is 11.9. The van der Waals surface area contributed by atoms with Crippen LogP contribution in [0.15, 0.2) is 18.2 Å². The summed E-state index contributed by atoms with van der Waals surface area (Å²) < 4.78 is 6.24. The maximum Gasteiger partial charge on any atom is 0.255 e. The largest absolute Gasteiger partial charge is 0.496 e. The van der Waals surface area contributed by atoms with Gasteiger partial charge in [0.1, 0.15) is 5.75 Å². The Balaban J connectivity index is 2.68. The van der Waals surface area contributed by atoms with Crippen molar-refractivity contribution in [1.29, 1.82) is 0 Å². The molecule has 0 aromatic heterocycles. The Morgan fingerprint density at radius 1 is 1.47 bits per heavy atom. The molecule has 0 unspecified atom stereocenters. The summed E-state index contributed by atoms with van der Waals surface area (Å²) in [6, 6.07) is 5.52. The Bertz CT molecular complexity index is 394. The molecule has 0 radical (unpaired) electrons. The number of halogens is 1. The van der Waals surface area contributed by atoms with Crippen LogP contribution in [0, 0.1) is 3.57 Å². The molecule has 1 amide bonds. The van der Waals surface area contributed by atoms with Gasteiger partial charge < -0.3 is 15.0 Å². The summed E-state index contributed by atoms with van der Waals surface area (Å²) in [5, 5.41) is 2.86. The fourth-order valence-corrected chi connectivity index (χ4v) is 1.80. The Hall–Kier alpha value is -0.820. The van der Waals surface area contributed by atoms with Gasteiger partial charge in [0.05, 0.1) is 12.7 Å². The molecular formula is C12H17IN2O2. The van der Waals surface area contributed by atoms with E-state index >= 15 is 0 Å². The number of nitrogens with one attached hydrogen (secondary N) is 1. The van der Waals surface area contributed by atoms with Gasteiger partial charge in [-0.25, -0.2) is 0 Å². The molecule has 0 aliphatic carbocycles. The summed E-state index contributed by atoms with van der Waals surface area (Å²) in [6.45, 7) is 1.44. The van der Waals surface area contributed by atoms with E-state index in [-0.39, 0.29) is 5.91 Å². The summed E-state index contributed by atoms with van der Waals surface area (Å²) in [5.41, 5.74) is 0.576. The molecule has 0 atom stereocenters. The normalized spacial score (nSPS) is 10.4. The van der Waals surface area contributed by atoms with Crippen molar-refractivity contribution < 1.29 is 9.53 Å². The third-order valence-electron chi connectivity index (χ3n) is 2.25. The van der Waals surface area contributed by atoms with Crippen molar-refractivity contribution >= 4 is 28.5 Å². The van der Waals surface area contributed by atoms with E-state index in [9.17, 15) is 4.79 Å². The molecule has 0 aliphatic rings. The number of hydrogen-bond acceptors (Lipinski definition) is 3. The smallest absolute Gasteiger partial charge is 0.255 e. The van der Waals surface area contributed by atoms with Crippen LogP contribution in [0.4, 0.5) is 0 Å². The van der Waals surface area contributed by atoms with E-state index in [0.717, 1.165) is 10.1 Å². The molecule has 1 aromatic carbocycles. The van der Waals surface area contributed by atoms with Gasteiger partial charge in [-0.05, 0) is 54.9 Å². The molecule has 0 bridgehead atoms. The Morgan fingerprint density at radius 2 is 2.18 bits per heavy atom. The van der Waals surface area contributed by atoms with Gasteiger partial charge in [0.15, 0.2) is 0 Å². The molecule has 5 heteroatoms. The number of carbonyl (C=O) groups is 1. The van der Waals surface area contributed by atoms with Crippen molar-refractivity contribution in [2.75, 3.05) is 34.3 Å². The zero-order valence-electron chi connectivity index (χ0n) is 10.3. The number of carbonyl (C=O) groups excluding carboxylic acids is 1. The van der Waals surface area contributed by atoms with Crippen LogP contribution in [0.1, 0.15) is 10.4 Å². The zero-order valence-corrected chi connectivity index (χ0v) is 12.4. The van der Waals surface area contributed by atoms with Crippen LogP contribution in [-0.2, 0) is 0 Å². The summed E-state index contributed by atoms with van der Waals surface area (Å²) in [6.07, 6.45) is 0. The first kappa shape index (κ1) is 14.2. The van der Waals surface area contributed by atoms with Crippen LogP contribution >= 0.6 is 22.6 Å². The van der Waals surface area contributed by atoms with Gasteiger partial charge in [0.25, 0.3) is 5.91 Å². The molecule has 0 fully saturated rings. The van der Waals surface area contributed by atoms with Gasteiger partial charge in [0, 0.05) is 16.7 Å². The van der Waals surface area contributed by atoms with Crippen LogP contribution in [0.25, 0.3) is 0 Å². The number of likely N-dealkylation sites (N-methyl/N-ethyl adjacent to an activating group) is 1. The predicted molar refractivity (Wildman–Crippen MR) is 76.6 cm³/mol. The molecule has 1 rings (SSSR count). The van der Waals surface area contributed by atoms with E-state index in [0.29, 0.717) is 17.9 Å². The van der Waals surface area contributed by atoms with Crippen LogP contribution in [-0.4, -0.2) is 45.1 Å². The number of ether oxygens (including phenoxy) is 1. The minimum Gasteiger partial charge on any atom is -0.496 e. The molecule has 0 saturated carbocycles. The standard InChI is InChI=1S/C12H17IN2O2/c1-15(2)7-6-14-12(16)10-5-4-9(13)8-11(10)17-3/h4-5,8H,6-7H2,1-3H3,(H,14,16). The monoisotopic (exact) mass is 348 g/mol. The molecule has 0 aliphatic heterocycles. The molecule has 94 valence electrons. The lowest BCUT2D eigenvalue weighted by molar-refractivity contribution is 0.0948. The van der Waals surface area contributed by atoms with Crippen LogP contribution in [0.5, 0.6) is 5.75 Å². The van der Waals surface area contributed by atoms with Gasteiger partial charge >= 0.3 is 0 Å². The summed E-state index contributed by atoms with van der Waals surface area (Å²) >= 11 is 2.19. The van der Waals surface area contributed by atoms with Crippen LogP contribution in [0.3, 0.4) is 0 Å². The molecule has 17 heavy (non-hydrogen) atoms. The van der Waals surface area contributed by atoms with E-state index in [2.05, 4.69) is 27.9 Å². The second-order valence-corrected chi connectivity index (χ2v) is 5.15. The minimum absolute atomic E-state index is 0.0971. The number of methoxy groups -OCH3 is 1. The topological polar surface area (TPSA) is 41.6 Å². The average molecular weight is 348 g/mol. The van der Waals surface area contributed by atoms with E-state index in [1.165, 1.54) is 0 Å². The predicted octanol–water partition coefficient (Wildman–Crippen LogP) is 1.59. The number of benzene rings is 1. The number of rotatable bonds is 5. The van der Waals surface area contributed by atoms with Crippen molar-refractivity contribution in [3.63, 3.8) is 0 Å². The van der Waals surface area contributed by atoms with E-state index < -0.39 is 0 Å². The van der Waals surface area contributed by atoms with Crippen molar-refractivity contribution in [3.05, 3.63) is 27.3 Å². The van der Waals surface area contributed by atoms with Gasteiger partial charge in [-0.1, -0.05) is 0 Å². The highest BCUT2D eigenvalue weighted by molar-refractivity contribution is 14.1. The fourth-order valence-electron chi connectivity index (χ4n) is 1.34. The summed E-state index contributed by atoms with van der Waals surface area (Å²) in [7, 11) is 5.51. The lowest BCUT2D eigenvalue weighted by Crippen LogP contribution is -2.31. The molecule has 0 heterocycles. The first-order valence-electron chi connectivity index (χ1n) is 5.31. The Labute approximate surface area is 115 Å². The van der Waals surface area contributed by atoms with Crippen molar-refractivity contribution in [1.82, 2.24) is 10.2 Å². The average Bonchev–Trinajstić information content (AvgIpc) is 2.28. The van der Waals surface area contributed by atoms with Gasteiger partial charge in [-0.2, -0.15) is 0 Å². The third kappa shape index (κ3) is 4.51. The number of amides is 1. The summed E-state index contributed by atoms with van der Waals surface area (Å²) in [4.78, 5) is 13.9. The quantitative estimate of drug-likeness (QED) is 0.822. The second-order valence-electron chi connectivity index (χ2n) is 3.90. The molecule has 0 spiro atoms. The highest BCUT2D eigenvalue weighted by Gasteiger charge is 2.11. The van der Waals surface area contributed by atoms with Crippen LogP contribution < -0.4 is 10.1 Å². The van der Waals surface area contributed by atoms with Crippen molar-refractivity contribution in [3.8, 4) is 5.75 Å². The molecule has 1 N–H and O–H groups in total.